The van der Waals surface area contributed by atoms with Crippen LogP contribution in [0, 0.1) is 13.8 Å². The lowest BCUT2D eigenvalue weighted by Gasteiger charge is -2.11. The number of hydrogen-bond acceptors (Lipinski definition) is 4. The Kier molecular flexibility index (Phi) is 6.17. The Labute approximate surface area is 148 Å². The number of nitrogens with one attached hydrogen (secondary N) is 2. The second-order valence-corrected chi connectivity index (χ2v) is 7.49. The molecule has 0 fully saturated rings. The summed E-state index contributed by atoms with van der Waals surface area (Å²) in [7, 11) is -2.26. The quantitative estimate of drug-likeness (QED) is 0.738. The van der Waals surface area contributed by atoms with Gasteiger partial charge in [0.15, 0.2) is 0 Å². The molecule has 2 N–H and O–H groups in total. The van der Waals surface area contributed by atoms with Crippen LogP contribution in [-0.2, 0) is 10.0 Å². The average molecular weight is 362 g/mol. The fourth-order valence-corrected chi connectivity index (χ4v) is 2.95. The van der Waals surface area contributed by atoms with E-state index in [9.17, 15) is 13.2 Å². The van der Waals surface area contributed by atoms with Crippen LogP contribution in [0.3, 0.4) is 0 Å². The molecule has 2 aromatic carbocycles. The van der Waals surface area contributed by atoms with Gasteiger partial charge in [-0.15, -0.1) is 0 Å². The van der Waals surface area contributed by atoms with E-state index in [1.54, 1.807) is 13.0 Å². The summed E-state index contributed by atoms with van der Waals surface area (Å²) in [5.74, 6) is 0.399. The number of rotatable bonds is 7. The van der Waals surface area contributed by atoms with Crippen LogP contribution >= 0.6 is 0 Å². The highest BCUT2D eigenvalue weighted by atomic mass is 32.2. The van der Waals surface area contributed by atoms with E-state index in [-0.39, 0.29) is 10.8 Å². The third-order valence-electron chi connectivity index (χ3n) is 3.71. The fraction of sp³-hybridized carbons (Fsp3) is 0.278. The largest absolute Gasteiger partial charge is 0.492 e. The maximum atomic E-state index is 12.3. The van der Waals surface area contributed by atoms with Crippen LogP contribution in [0.15, 0.2) is 47.4 Å². The molecular weight excluding hydrogens is 340 g/mol. The number of carbonyl (C=O) groups excluding carboxylic acids is 1. The SMILES string of the molecule is CNS(=O)(=O)c1ccc(C)c(C(=O)NCCOc2ccc(C)cc2)c1. The first-order valence-electron chi connectivity index (χ1n) is 7.85. The van der Waals surface area contributed by atoms with Crippen molar-refractivity contribution in [2.45, 2.75) is 18.7 Å². The van der Waals surface area contributed by atoms with Gasteiger partial charge in [0.25, 0.3) is 5.91 Å². The number of sulfonamides is 1. The molecule has 134 valence electrons. The van der Waals surface area contributed by atoms with Gasteiger partial charge in [0.05, 0.1) is 11.4 Å². The summed E-state index contributed by atoms with van der Waals surface area (Å²) >= 11 is 0. The van der Waals surface area contributed by atoms with E-state index >= 15 is 0 Å². The Hall–Kier alpha value is -2.38. The third-order valence-corrected chi connectivity index (χ3v) is 5.12. The molecule has 0 aromatic heterocycles. The van der Waals surface area contributed by atoms with E-state index in [2.05, 4.69) is 10.0 Å². The Morgan fingerprint density at radius 3 is 2.40 bits per heavy atom. The molecule has 6 nitrogen and oxygen atoms in total. The van der Waals surface area contributed by atoms with E-state index < -0.39 is 10.0 Å². The van der Waals surface area contributed by atoms with Gasteiger partial charge in [-0.25, -0.2) is 13.1 Å². The van der Waals surface area contributed by atoms with Gasteiger partial charge in [-0.1, -0.05) is 23.8 Å². The van der Waals surface area contributed by atoms with Crippen molar-refractivity contribution in [1.29, 1.82) is 0 Å². The van der Waals surface area contributed by atoms with E-state index in [1.165, 1.54) is 19.2 Å². The Morgan fingerprint density at radius 2 is 1.76 bits per heavy atom. The molecule has 0 heterocycles. The predicted molar refractivity (Wildman–Crippen MR) is 96.4 cm³/mol. The molecule has 2 rings (SSSR count). The number of amides is 1. The molecule has 25 heavy (non-hydrogen) atoms. The van der Waals surface area contributed by atoms with Crippen LogP contribution in [0.1, 0.15) is 21.5 Å². The summed E-state index contributed by atoms with van der Waals surface area (Å²) in [4.78, 5) is 12.4. The number of ether oxygens (including phenoxy) is 1. The van der Waals surface area contributed by atoms with E-state index in [4.69, 9.17) is 4.74 Å². The van der Waals surface area contributed by atoms with Crippen LogP contribution in [0.2, 0.25) is 0 Å². The summed E-state index contributed by atoms with van der Waals surface area (Å²) in [5.41, 5.74) is 2.17. The number of benzene rings is 2. The molecule has 0 aliphatic carbocycles. The second-order valence-electron chi connectivity index (χ2n) is 5.60. The van der Waals surface area contributed by atoms with Gasteiger partial charge >= 0.3 is 0 Å². The molecule has 0 radical (unpaired) electrons. The van der Waals surface area contributed by atoms with Crippen LogP contribution in [0.25, 0.3) is 0 Å². The summed E-state index contributed by atoms with van der Waals surface area (Å²) in [5, 5.41) is 2.74. The summed E-state index contributed by atoms with van der Waals surface area (Å²) in [6.07, 6.45) is 0. The van der Waals surface area contributed by atoms with Crippen molar-refractivity contribution in [2.75, 3.05) is 20.2 Å². The number of aryl methyl sites for hydroxylation is 2. The first-order chi connectivity index (χ1) is 11.8. The van der Waals surface area contributed by atoms with Crippen molar-refractivity contribution >= 4 is 15.9 Å². The van der Waals surface area contributed by atoms with Gasteiger partial charge in [-0.2, -0.15) is 0 Å². The topological polar surface area (TPSA) is 84.5 Å². The van der Waals surface area contributed by atoms with Gasteiger partial charge in [0, 0.05) is 5.56 Å². The zero-order valence-electron chi connectivity index (χ0n) is 14.5. The van der Waals surface area contributed by atoms with Gasteiger partial charge in [0.2, 0.25) is 10.0 Å². The zero-order valence-corrected chi connectivity index (χ0v) is 15.3. The van der Waals surface area contributed by atoms with Crippen molar-refractivity contribution in [2.24, 2.45) is 0 Å². The molecule has 0 unspecified atom stereocenters. The standard InChI is InChI=1S/C18H22N2O4S/c1-13-4-7-15(8-5-13)24-11-10-20-18(21)17-12-16(9-6-14(17)2)25(22,23)19-3/h4-9,12,19H,10-11H2,1-3H3,(H,20,21). The molecule has 0 bridgehead atoms. The fourth-order valence-electron chi connectivity index (χ4n) is 2.19. The lowest BCUT2D eigenvalue weighted by Crippen LogP contribution is -2.29. The second kappa shape index (κ2) is 8.13. The monoisotopic (exact) mass is 362 g/mol. The Balaban J connectivity index is 1.96. The minimum atomic E-state index is -3.59. The van der Waals surface area contributed by atoms with Crippen molar-refractivity contribution in [3.8, 4) is 5.75 Å². The highest BCUT2D eigenvalue weighted by Crippen LogP contribution is 2.15. The summed E-state index contributed by atoms with van der Waals surface area (Å²) in [6, 6.07) is 12.1. The van der Waals surface area contributed by atoms with Gasteiger partial charge in [-0.05, 0) is 50.7 Å². The van der Waals surface area contributed by atoms with E-state index in [0.717, 1.165) is 11.3 Å². The molecule has 1 amide bonds. The van der Waals surface area contributed by atoms with Crippen LogP contribution in [0.5, 0.6) is 5.75 Å². The van der Waals surface area contributed by atoms with Crippen molar-refractivity contribution in [3.63, 3.8) is 0 Å². The molecule has 0 saturated heterocycles. The molecular formula is C18H22N2O4S. The average Bonchev–Trinajstić information content (AvgIpc) is 2.60. The Morgan fingerprint density at radius 1 is 1.08 bits per heavy atom. The summed E-state index contributed by atoms with van der Waals surface area (Å²) in [6.45, 7) is 4.39. The predicted octanol–water partition coefficient (Wildman–Crippen LogP) is 2.02. The maximum absolute atomic E-state index is 12.3. The van der Waals surface area contributed by atoms with Gasteiger partial charge in [0.1, 0.15) is 12.4 Å². The van der Waals surface area contributed by atoms with E-state index in [0.29, 0.717) is 24.3 Å². The number of carbonyl (C=O) groups is 1. The van der Waals surface area contributed by atoms with Crippen molar-refractivity contribution < 1.29 is 17.9 Å². The smallest absolute Gasteiger partial charge is 0.251 e. The zero-order chi connectivity index (χ0) is 18.4. The normalized spacial score (nSPS) is 11.2. The van der Waals surface area contributed by atoms with E-state index in [1.807, 2.05) is 31.2 Å². The minimum absolute atomic E-state index is 0.0571. The molecule has 0 atom stereocenters. The highest BCUT2D eigenvalue weighted by molar-refractivity contribution is 7.89. The lowest BCUT2D eigenvalue weighted by molar-refractivity contribution is 0.0946. The molecule has 0 saturated carbocycles. The van der Waals surface area contributed by atoms with Crippen LogP contribution < -0.4 is 14.8 Å². The van der Waals surface area contributed by atoms with Crippen molar-refractivity contribution in [3.05, 3.63) is 59.2 Å². The minimum Gasteiger partial charge on any atom is -0.492 e. The molecule has 0 aliphatic rings. The maximum Gasteiger partial charge on any atom is 0.251 e. The molecule has 2 aromatic rings. The van der Waals surface area contributed by atoms with Crippen LogP contribution in [-0.4, -0.2) is 34.5 Å². The van der Waals surface area contributed by atoms with Crippen LogP contribution in [0.4, 0.5) is 0 Å². The Bertz CT molecular complexity index is 846. The first-order valence-corrected chi connectivity index (χ1v) is 9.33. The third kappa shape index (κ3) is 5.04. The lowest BCUT2D eigenvalue weighted by atomic mass is 10.1. The first kappa shape index (κ1) is 19.0. The molecule has 0 spiro atoms. The molecule has 0 aliphatic heterocycles. The van der Waals surface area contributed by atoms with Crippen molar-refractivity contribution in [1.82, 2.24) is 10.0 Å². The van der Waals surface area contributed by atoms with Gasteiger partial charge < -0.3 is 10.1 Å². The molecule has 7 heteroatoms. The highest BCUT2D eigenvalue weighted by Gasteiger charge is 2.16. The van der Waals surface area contributed by atoms with Gasteiger partial charge in [-0.3, -0.25) is 4.79 Å². The summed E-state index contributed by atoms with van der Waals surface area (Å²) < 4.78 is 31.5. The number of hydrogen-bond donors (Lipinski definition) is 2.